The lowest BCUT2D eigenvalue weighted by Gasteiger charge is -2.20. The summed E-state index contributed by atoms with van der Waals surface area (Å²) in [6.45, 7) is 2.23. The lowest BCUT2D eigenvalue weighted by atomic mass is 10.1. The summed E-state index contributed by atoms with van der Waals surface area (Å²) in [6, 6.07) is -1.58. The average molecular weight is 856 g/mol. The number of allylic oxidation sites excluding steroid dienone is 9. The fourth-order valence-electron chi connectivity index (χ4n) is 5.28. The van der Waals surface area contributed by atoms with Crippen LogP contribution in [0.25, 0.3) is 0 Å². The molecule has 1 unspecified atom stereocenters. The van der Waals surface area contributed by atoms with Gasteiger partial charge in [-0.05, 0) is 57.8 Å². The zero-order valence-corrected chi connectivity index (χ0v) is 36.3. The van der Waals surface area contributed by atoms with E-state index in [9.17, 15) is 39.2 Å². The Labute approximate surface area is 352 Å². The van der Waals surface area contributed by atoms with Gasteiger partial charge >= 0.3 is 25.7 Å². The normalized spacial score (nSPS) is 16.1. The molecule has 7 N–H and O–H groups in total. The molecule has 15 heteroatoms. The highest BCUT2D eigenvalue weighted by Crippen LogP contribution is 2.43. The summed E-state index contributed by atoms with van der Waals surface area (Å²) in [5.74, 6) is -2.77. The van der Waals surface area contributed by atoms with Crippen LogP contribution in [0.15, 0.2) is 72.9 Å². The molecule has 338 valence electrons. The third kappa shape index (κ3) is 36.4. The average Bonchev–Trinajstić information content (AvgIpc) is 3.20. The molecule has 0 heterocycles. The van der Waals surface area contributed by atoms with E-state index in [4.69, 9.17) is 24.8 Å². The summed E-state index contributed by atoms with van der Waals surface area (Å²) in [6.07, 6.45) is 33.5. The van der Waals surface area contributed by atoms with Crippen molar-refractivity contribution in [2.75, 3.05) is 19.8 Å². The number of rotatable bonds is 38. The van der Waals surface area contributed by atoms with Crippen molar-refractivity contribution in [1.82, 2.24) is 0 Å². The zero-order chi connectivity index (χ0) is 44.0. The van der Waals surface area contributed by atoms with Crippen LogP contribution in [-0.2, 0) is 37.5 Å². The topological polar surface area (TPSA) is 232 Å². The predicted molar refractivity (Wildman–Crippen MR) is 230 cm³/mol. The fourth-order valence-corrected chi connectivity index (χ4v) is 6.06. The second-order valence-electron chi connectivity index (χ2n) is 14.3. The molecule has 0 saturated carbocycles. The van der Waals surface area contributed by atoms with Crippen LogP contribution < -0.4 is 5.73 Å². The van der Waals surface area contributed by atoms with E-state index in [0.717, 1.165) is 44.9 Å². The maximum atomic E-state index is 12.6. The number of aliphatic hydroxyl groups is 3. The minimum absolute atomic E-state index is 0.0737. The number of carboxylic acid groups (broad SMARTS) is 1. The number of aliphatic carboxylic acids is 1. The van der Waals surface area contributed by atoms with Crippen LogP contribution in [0.3, 0.4) is 0 Å². The van der Waals surface area contributed by atoms with Crippen molar-refractivity contribution < 1.29 is 62.8 Å². The third-order valence-electron chi connectivity index (χ3n) is 8.78. The maximum absolute atomic E-state index is 12.6. The highest BCUT2D eigenvalue weighted by atomic mass is 31.2. The molecule has 0 fully saturated rings. The molecule has 0 radical (unpaired) electrons. The number of hydrogen-bond acceptors (Lipinski definition) is 12. The summed E-state index contributed by atoms with van der Waals surface area (Å²) < 4.78 is 32.4. The highest BCUT2D eigenvalue weighted by Gasteiger charge is 2.28. The molecular weight excluding hydrogens is 781 g/mol. The first-order valence-electron chi connectivity index (χ1n) is 21.3. The van der Waals surface area contributed by atoms with Crippen molar-refractivity contribution in [1.29, 1.82) is 0 Å². The number of esters is 2. The van der Waals surface area contributed by atoms with Gasteiger partial charge in [0.15, 0.2) is 6.10 Å². The minimum Gasteiger partial charge on any atom is -0.480 e. The van der Waals surface area contributed by atoms with Gasteiger partial charge in [-0.15, -0.1) is 0 Å². The number of phosphoric ester groups is 1. The Hall–Kier alpha value is -3.20. The molecule has 0 aliphatic carbocycles. The summed E-state index contributed by atoms with van der Waals surface area (Å²) >= 11 is 0. The van der Waals surface area contributed by atoms with E-state index in [-0.39, 0.29) is 25.7 Å². The smallest absolute Gasteiger partial charge is 0.472 e. The Morgan fingerprint density at radius 3 is 1.85 bits per heavy atom. The number of carboxylic acids is 1. The second-order valence-corrected chi connectivity index (χ2v) is 15.8. The van der Waals surface area contributed by atoms with Crippen LogP contribution in [0.1, 0.15) is 136 Å². The first-order valence-corrected chi connectivity index (χ1v) is 22.8. The summed E-state index contributed by atoms with van der Waals surface area (Å²) in [5, 5.41) is 39.2. The van der Waals surface area contributed by atoms with Crippen LogP contribution in [0.4, 0.5) is 0 Å². The summed E-state index contributed by atoms with van der Waals surface area (Å²) in [4.78, 5) is 46.0. The van der Waals surface area contributed by atoms with E-state index in [1.165, 1.54) is 44.6 Å². The summed E-state index contributed by atoms with van der Waals surface area (Å²) in [5.41, 5.74) is 5.31. The lowest BCUT2D eigenvalue weighted by molar-refractivity contribution is -0.161. The van der Waals surface area contributed by atoms with Crippen molar-refractivity contribution in [3.8, 4) is 0 Å². The van der Waals surface area contributed by atoms with Crippen LogP contribution >= 0.6 is 7.82 Å². The molecular formula is C44H74NO13P. The van der Waals surface area contributed by atoms with E-state index in [0.29, 0.717) is 12.8 Å². The quantitative estimate of drug-likeness (QED) is 0.0114. The molecule has 0 amide bonds. The number of unbranched alkanes of at least 4 members (excludes halogenated alkanes) is 11. The molecule has 0 aromatic carbocycles. The van der Waals surface area contributed by atoms with E-state index >= 15 is 0 Å². The lowest BCUT2D eigenvalue weighted by Crippen LogP contribution is -2.34. The zero-order valence-electron chi connectivity index (χ0n) is 35.4. The fraction of sp³-hybridized carbons (Fsp3) is 0.659. The number of carbonyl (C=O) groups is 3. The molecule has 0 aromatic rings. The van der Waals surface area contributed by atoms with E-state index in [1.807, 2.05) is 19.1 Å². The van der Waals surface area contributed by atoms with Gasteiger partial charge in [0, 0.05) is 12.8 Å². The molecule has 59 heavy (non-hydrogen) atoms. The number of hydrogen-bond donors (Lipinski definition) is 6. The van der Waals surface area contributed by atoms with Gasteiger partial charge in [-0.2, -0.15) is 0 Å². The SMILES string of the molecule is CC/C=C\C[C@@H](O)/C=C/C=C/C=C\C=C/[C@H](O)[C@@H](O)CCCC(=O)OC[C@H](COP(=O)(O)OC[C@H](N)C(=O)O)OC(=O)CCCCCCC/C=C\CCCCCCCC. The van der Waals surface area contributed by atoms with Gasteiger partial charge in [0.2, 0.25) is 0 Å². The maximum Gasteiger partial charge on any atom is 0.472 e. The predicted octanol–water partition coefficient (Wildman–Crippen LogP) is 7.86. The molecule has 0 aliphatic rings. The van der Waals surface area contributed by atoms with Crippen molar-refractivity contribution in [2.24, 2.45) is 5.73 Å². The van der Waals surface area contributed by atoms with Crippen molar-refractivity contribution in [3.63, 3.8) is 0 Å². The standard InChI is InChI=1S/C44H74NO13P/c1-3-5-7-8-9-10-11-12-13-14-15-16-17-22-26-32-43(50)58-38(35-56-59(53,54)57-36-39(45)44(51)52)34-55-42(49)33-27-31-41(48)40(47)30-25-21-19-18-20-24-29-37(46)28-23-6-4-2/h6,12-13,18-21,23-25,29-30,37-41,46-48H,3-5,7-11,14-17,22,26-28,31-36,45H2,1-2H3,(H,51,52)(H,53,54)/b13-12-,20-18+,21-19-,23-6-,29-24+,30-25-/t37-,38-,39+,40+,41+/m1/s1. The second kappa shape index (κ2) is 37.8. The van der Waals surface area contributed by atoms with Crippen LogP contribution in [0, 0.1) is 0 Å². The Morgan fingerprint density at radius 1 is 0.661 bits per heavy atom. The molecule has 14 nitrogen and oxygen atoms in total. The van der Waals surface area contributed by atoms with Crippen LogP contribution in [0.5, 0.6) is 0 Å². The monoisotopic (exact) mass is 855 g/mol. The molecule has 0 bridgehead atoms. The van der Waals surface area contributed by atoms with Gasteiger partial charge in [-0.1, -0.05) is 138 Å². The largest absolute Gasteiger partial charge is 0.480 e. The molecule has 0 rings (SSSR count). The number of carbonyl (C=O) groups excluding carboxylic acids is 2. The molecule has 0 aromatic heterocycles. The Morgan fingerprint density at radius 2 is 1.22 bits per heavy atom. The van der Waals surface area contributed by atoms with Crippen molar-refractivity contribution >= 4 is 25.7 Å². The highest BCUT2D eigenvalue weighted by molar-refractivity contribution is 7.47. The number of nitrogens with two attached hydrogens (primary N) is 1. The molecule has 6 atom stereocenters. The molecule has 0 spiro atoms. The van der Waals surface area contributed by atoms with Gasteiger partial charge < -0.3 is 40.5 Å². The molecule has 0 saturated heterocycles. The van der Waals surface area contributed by atoms with Gasteiger partial charge in [0.25, 0.3) is 0 Å². The van der Waals surface area contributed by atoms with Crippen LogP contribution in [0.2, 0.25) is 0 Å². The van der Waals surface area contributed by atoms with Crippen molar-refractivity contribution in [2.45, 2.75) is 166 Å². The molecule has 0 aliphatic heterocycles. The Bertz CT molecular complexity index is 1330. The minimum atomic E-state index is -4.80. The Balaban J connectivity index is 4.73. The first-order chi connectivity index (χ1) is 28.3. The van der Waals surface area contributed by atoms with Gasteiger partial charge in [0.1, 0.15) is 12.6 Å². The number of phosphoric acid groups is 1. The van der Waals surface area contributed by atoms with Crippen LogP contribution in [-0.4, -0.2) is 93.5 Å². The summed E-state index contributed by atoms with van der Waals surface area (Å²) in [7, 11) is -4.80. The number of aliphatic hydroxyl groups excluding tert-OH is 3. The van der Waals surface area contributed by atoms with E-state index < -0.39 is 76.0 Å². The van der Waals surface area contributed by atoms with Gasteiger partial charge in [0.05, 0.1) is 31.5 Å². The van der Waals surface area contributed by atoms with E-state index in [2.05, 4.69) is 23.6 Å². The number of ether oxygens (including phenoxy) is 2. The van der Waals surface area contributed by atoms with Gasteiger partial charge in [-0.25, -0.2) is 4.57 Å². The van der Waals surface area contributed by atoms with Gasteiger partial charge in [-0.3, -0.25) is 23.4 Å². The Kier molecular flexibility index (Phi) is 35.7. The van der Waals surface area contributed by atoms with Crippen molar-refractivity contribution in [3.05, 3.63) is 72.9 Å². The third-order valence-corrected chi connectivity index (χ3v) is 9.73. The van der Waals surface area contributed by atoms with E-state index in [1.54, 1.807) is 42.5 Å². The first kappa shape index (κ1) is 55.8.